The molecule has 0 spiro atoms. The third kappa shape index (κ3) is 2.51. The Kier molecular flexibility index (Phi) is 3.82. The number of rotatable bonds is 5. The molecule has 0 amide bonds. The first-order valence-electron chi connectivity index (χ1n) is 6.53. The zero-order chi connectivity index (χ0) is 12.3. The molecule has 0 N–H and O–H groups in total. The van der Waals surface area contributed by atoms with Crippen LogP contribution < -0.4 is 4.90 Å². The van der Waals surface area contributed by atoms with Gasteiger partial charge in [-0.2, -0.15) is 0 Å². The molecule has 0 unspecified atom stereocenters. The van der Waals surface area contributed by atoms with Gasteiger partial charge in [-0.05, 0) is 12.7 Å². The molecule has 1 aromatic rings. The Bertz CT molecular complexity index is 429. The van der Waals surface area contributed by atoms with Crippen molar-refractivity contribution in [3.63, 3.8) is 0 Å². The van der Waals surface area contributed by atoms with Crippen LogP contribution >= 0.6 is 0 Å². The van der Waals surface area contributed by atoms with Gasteiger partial charge in [-0.1, -0.05) is 25.9 Å². The molecule has 4 heteroatoms. The molecule has 1 aliphatic rings. The molecule has 1 heterocycles. The van der Waals surface area contributed by atoms with E-state index in [2.05, 4.69) is 42.8 Å². The second-order valence-electron chi connectivity index (χ2n) is 4.60. The fourth-order valence-electron chi connectivity index (χ4n) is 2.23. The Morgan fingerprint density at radius 1 is 1.41 bits per heavy atom. The average molecular weight is 229 g/mol. The van der Waals surface area contributed by atoms with Crippen molar-refractivity contribution < 1.29 is 0 Å². The number of hydrogen-bond donors (Lipinski definition) is 0. The van der Waals surface area contributed by atoms with Crippen LogP contribution in [-0.4, -0.2) is 30.8 Å². The third-order valence-electron chi connectivity index (χ3n) is 3.04. The van der Waals surface area contributed by atoms with Gasteiger partial charge in [-0.15, -0.1) is 0 Å². The van der Waals surface area contributed by atoms with E-state index in [-0.39, 0.29) is 0 Å². The lowest BCUT2D eigenvalue weighted by Gasteiger charge is -2.20. The van der Waals surface area contributed by atoms with E-state index in [4.69, 9.17) is 4.98 Å². The van der Waals surface area contributed by atoms with Gasteiger partial charge in [-0.3, -0.25) is 0 Å². The standard InChI is InChI=1S/C13H20BN3/c1-4-8-17(3)13-10-6-5-7-11(10)15-12(16-13)9-14-2/h5-6,14H,4,7-9H2,1-3H3. The highest BCUT2D eigenvalue weighted by Crippen LogP contribution is 2.26. The fraction of sp³-hybridized carbons (Fsp3) is 0.538. The molecule has 1 aromatic heterocycles. The smallest absolute Gasteiger partial charge is 0.139 e. The van der Waals surface area contributed by atoms with Crippen LogP contribution in [0.2, 0.25) is 6.82 Å². The molecule has 1 aliphatic carbocycles. The van der Waals surface area contributed by atoms with Gasteiger partial charge in [0, 0.05) is 25.6 Å². The fourth-order valence-corrected chi connectivity index (χ4v) is 2.23. The van der Waals surface area contributed by atoms with Gasteiger partial charge in [0.05, 0.1) is 5.69 Å². The van der Waals surface area contributed by atoms with E-state index in [9.17, 15) is 0 Å². The summed E-state index contributed by atoms with van der Waals surface area (Å²) in [5, 5.41) is 0. The van der Waals surface area contributed by atoms with Crippen molar-refractivity contribution in [2.75, 3.05) is 18.5 Å². The molecule has 0 saturated carbocycles. The monoisotopic (exact) mass is 229 g/mol. The minimum Gasteiger partial charge on any atom is -0.359 e. The van der Waals surface area contributed by atoms with Gasteiger partial charge in [-0.25, -0.2) is 9.97 Å². The second kappa shape index (κ2) is 5.34. The molecule has 2 rings (SSSR count). The molecule has 0 bridgehead atoms. The van der Waals surface area contributed by atoms with Crippen LogP contribution in [0.4, 0.5) is 5.82 Å². The van der Waals surface area contributed by atoms with Gasteiger partial charge in [0.15, 0.2) is 0 Å². The van der Waals surface area contributed by atoms with E-state index in [0.717, 1.165) is 44.6 Å². The van der Waals surface area contributed by atoms with Gasteiger partial charge in [0.25, 0.3) is 0 Å². The summed E-state index contributed by atoms with van der Waals surface area (Å²) in [4.78, 5) is 11.6. The quantitative estimate of drug-likeness (QED) is 0.722. The summed E-state index contributed by atoms with van der Waals surface area (Å²) in [6.45, 7) is 5.41. The van der Waals surface area contributed by atoms with Crippen LogP contribution in [0.1, 0.15) is 30.4 Å². The third-order valence-corrected chi connectivity index (χ3v) is 3.04. The summed E-state index contributed by atoms with van der Waals surface area (Å²) in [6, 6.07) is 0. The summed E-state index contributed by atoms with van der Waals surface area (Å²) in [5.74, 6) is 2.10. The molecule has 17 heavy (non-hydrogen) atoms. The molecule has 90 valence electrons. The lowest BCUT2D eigenvalue weighted by atomic mass is 9.78. The topological polar surface area (TPSA) is 29.0 Å². The molecule has 0 aromatic carbocycles. The van der Waals surface area contributed by atoms with E-state index < -0.39 is 0 Å². The Morgan fingerprint density at radius 2 is 2.24 bits per heavy atom. The normalized spacial score (nSPS) is 12.6. The largest absolute Gasteiger partial charge is 0.359 e. The Labute approximate surface area is 104 Å². The number of nitrogens with zero attached hydrogens (tertiary/aromatic N) is 3. The van der Waals surface area contributed by atoms with Crippen molar-refractivity contribution in [3.8, 4) is 0 Å². The van der Waals surface area contributed by atoms with E-state index in [1.807, 2.05) is 0 Å². The van der Waals surface area contributed by atoms with Crippen molar-refractivity contribution >= 4 is 19.2 Å². The van der Waals surface area contributed by atoms with E-state index in [0.29, 0.717) is 0 Å². The lowest BCUT2D eigenvalue weighted by Crippen LogP contribution is -2.22. The van der Waals surface area contributed by atoms with E-state index >= 15 is 0 Å². The first-order chi connectivity index (χ1) is 8.26. The van der Waals surface area contributed by atoms with Crippen LogP contribution in [0.15, 0.2) is 6.08 Å². The van der Waals surface area contributed by atoms with Crippen molar-refractivity contribution in [3.05, 3.63) is 23.2 Å². The summed E-state index contributed by atoms with van der Waals surface area (Å²) in [6.07, 6.45) is 7.41. The van der Waals surface area contributed by atoms with Crippen LogP contribution in [0.25, 0.3) is 6.08 Å². The SMILES string of the molecule is CBCc1nc2c(c(N(C)CCC)n1)C=CC2. The predicted molar refractivity (Wildman–Crippen MR) is 75.0 cm³/mol. The maximum Gasteiger partial charge on any atom is 0.139 e. The number of fused-ring (bicyclic) bond motifs is 1. The highest BCUT2D eigenvalue weighted by Gasteiger charge is 2.17. The van der Waals surface area contributed by atoms with Crippen LogP contribution in [0.3, 0.4) is 0 Å². The van der Waals surface area contributed by atoms with E-state index in [1.54, 1.807) is 0 Å². The number of aromatic nitrogens is 2. The first-order valence-corrected chi connectivity index (χ1v) is 6.53. The first kappa shape index (κ1) is 12.2. The summed E-state index contributed by atoms with van der Waals surface area (Å²) >= 11 is 0. The van der Waals surface area contributed by atoms with Crippen molar-refractivity contribution in [2.24, 2.45) is 0 Å². The molecule has 3 nitrogen and oxygen atoms in total. The summed E-state index contributed by atoms with van der Waals surface area (Å²) < 4.78 is 0. The maximum absolute atomic E-state index is 4.72. The Balaban J connectivity index is 2.37. The summed E-state index contributed by atoms with van der Waals surface area (Å²) in [7, 11) is 3.22. The van der Waals surface area contributed by atoms with Gasteiger partial charge in [0.1, 0.15) is 18.9 Å². The Morgan fingerprint density at radius 3 is 2.94 bits per heavy atom. The highest BCUT2D eigenvalue weighted by atomic mass is 15.2. The van der Waals surface area contributed by atoms with Crippen LogP contribution in [-0.2, 0) is 12.7 Å². The van der Waals surface area contributed by atoms with E-state index in [1.165, 1.54) is 11.3 Å². The Hall–Kier alpha value is -1.32. The number of allylic oxidation sites excluding steroid dienone is 1. The van der Waals surface area contributed by atoms with Crippen molar-refractivity contribution in [2.45, 2.75) is 32.9 Å². The summed E-state index contributed by atoms with van der Waals surface area (Å²) in [5.41, 5.74) is 2.42. The molecule has 0 radical (unpaired) electrons. The highest BCUT2D eigenvalue weighted by molar-refractivity contribution is 6.32. The molecular weight excluding hydrogens is 209 g/mol. The maximum atomic E-state index is 4.72. The van der Waals surface area contributed by atoms with Crippen LogP contribution in [0, 0.1) is 0 Å². The van der Waals surface area contributed by atoms with Gasteiger partial charge in [0.2, 0.25) is 0 Å². The molecule has 0 saturated heterocycles. The molecule has 0 fully saturated rings. The molecular formula is C13H20BN3. The lowest BCUT2D eigenvalue weighted by molar-refractivity contribution is 0.821. The van der Waals surface area contributed by atoms with Crippen molar-refractivity contribution in [1.29, 1.82) is 0 Å². The second-order valence-corrected chi connectivity index (χ2v) is 4.60. The minimum atomic E-state index is 0.960. The number of hydrogen-bond acceptors (Lipinski definition) is 3. The number of anilines is 1. The van der Waals surface area contributed by atoms with Crippen molar-refractivity contribution in [1.82, 2.24) is 9.97 Å². The van der Waals surface area contributed by atoms with Crippen LogP contribution in [0.5, 0.6) is 0 Å². The molecule has 0 aliphatic heterocycles. The zero-order valence-electron chi connectivity index (χ0n) is 11.0. The minimum absolute atomic E-state index is 0.960. The average Bonchev–Trinajstić information content (AvgIpc) is 2.76. The van der Waals surface area contributed by atoms with Gasteiger partial charge >= 0.3 is 0 Å². The van der Waals surface area contributed by atoms with Gasteiger partial charge < -0.3 is 4.90 Å². The predicted octanol–water partition coefficient (Wildman–Crippen LogP) is 1.88. The zero-order valence-corrected chi connectivity index (χ0v) is 11.0. The molecule has 0 atom stereocenters.